The second kappa shape index (κ2) is 7.03. The van der Waals surface area contributed by atoms with Gasteiger partial charge in [-0.25, -0.2) is 13.5 Å². The summed E-state index contributed by atoms with van der Waals surface area (Å²) in [5.74, 6) is -0.790. The van der Waals surface area contributed by atoms with Crippen molar-refractivity contribution in [3.63, 3.8) is 0 Å². The Morgan fingerprint density at radius 1 is 0.933 bits per heavy atom. The molecule has 1 aliphatic heterocycles. The minimum atomic E-state index is -0.446. The third-order valence-corrected chi connectivity index (χ3v) is 5.45. The standard InChI is InChI=1S/C23H18F2N4O/c24-16-4-6-18(7-5-16)29-21-9-8-19(11-15(21)13-27-29)28-22(30)12-20(26)23(28)14-2-1-3-17(25)10-14/h1-11,13,20,23H,12,26H2/t20-,23?/m0/s1. The van der Waals surface area contributed by atoms with Crippen LogP contribution in [0.2, 0.25) is 0 Å². The van der Waals surface area contributed by atoms with Crippen molar-refractivity contribution in [1.29, 1.82) is 0 Å². The molecule has 2 N–H and O–H groups in total. The van der Waals surface area contributed by atoms with Gasteiger partial charge >= 0.3 is 0 Å². The molecule has 1 saturated heterocycles. The number of hydrogen-bond acceptors (Lipinski definition) is 3. The van der Waals surface area contributed by atoms with Gasteiger partial charge < -0.3 is 10.6 Å². The average Bonchev–Trinajstić information content (AvgIpc) is 3.28. The zero-order valence-electron chi connectivity index (χ0n) is 15.9. The number of halogens is 2. The van der Waals surface area contributed by atoms with E-state index in [1.165, 1.54) is 24.3 Å². The number of aromatic nitrogens is 2. The Morgan fingerprint density at radius 2 is 1.70 bits per heavy atom. The first-order valence-corrected chi connectivity index (χ1v) is 9.58. The number of carbonyl (C=O) groups excluding carboxylic acids is 1. The highest BCUT2D eigenvalue weighted by Crippen LogP contribution is 2.37. The number of nitrogens with two attached hydrogens (primary N) is 1. The first kappa shape index (κ1) is 18.4. The summed E-state index contributed by atoms with van der Waals surface area (Å²) in [5, 5.41) is 5.22. The zero-order valence-corrected chi connectivity index (χ0v) is 15.9. The van der Waals surface area contributed by atoms with Crippen LogP contribution in [-0.4, -0.2) is 21.7 Å². The molecule has 1 aliphatic rings. The van der Waals surface area contributed by atoms with Gasteiger partial charge in [0.2, 0.25) is 5.91 Å². The van der Waals surface area contributed by atoms with Crippen molar-refractivity contribution in [3.05, 3.63) is 90.1 Å². The van der Waals surface area contributed by atoms with Gasteiger partial charge in [0.25, 0.3) is 0 Å². The van der Waals surface area contributed by atoms with Crippen molar-refractivity contribution < 1.29 is 13.6 Å². The van der Waals surface area contributed by atoms with E-state index in [0.29, 0.717) is 11.3 Å². The highest BCUT2D eigenvalue weighted by molar-refractivity contribution is 5.99. The average molecular weight is 404 g/mol. The third kappa shape index (κ3) is 3.04. The van der Waals surface area contributed by atoms with Crippen molar-refractivity contribution in [3.8, 4) is 5.69 Å². The fourth-order valence-electron chi connectivity index (χ4n) is 4.11. The number of carbonyl (C=O) groups is 1. The SMILES string of the molecule is N[C@H]1CC(=O)N(c2ccc3c(cnn3-c3ccc(F)cc3)c2)C1c1cccc(F)c1. The smallest absolute Gasteiger partial charge is 0.229 e. The Morgan fingerprint density at radius 3 is 2.47 bits per heavy atom. The number of hydrogen-bond donors (Lipinski definition) is 1. The van der Waals surface area contributed by atoms with Gasteiger partial charge in [-0.2, -0.15) is 5.10 Å². The Balaban J connectivity index is 1.56. The van der Waals surface area contributed by atoms with Crippen molar-refractivity contribution in [2.24, 2.45) is 5.73 Å². The largest absolute Gasteiger partial charge is 0.325 e. The summed E-state index contributed by atoms with van der Waals surface area (Å²) < 4.78 is 28.7. The summed E-state index contributed by atoms with van der Waals surface area (Å²) in [7, 11) is 0. The van der Waals surface area contributed by atoms with Crippen LogP contribution < -0.4 is 10.6 Å². The topological polar surface area (TPSA) is 64.2 Å². The lowest BCUT2D eigenvalue weighted by atomic mass is 10.00. The van der Waals surface area contributed by atoms with Gasteiger partial charge in [0.05, 0.1) is 23.4 Å². The number of nitrogens with zero attached hydrogens (tertiary/aromatic N) is 3. The molecule has 2 heterocycles. The maximum Gasteiger partial charge on any atom is 0.229 e. The van der Waals surface area contributed by atoms with Gasteiger partial charge in [-0.1, -0.05) is 12.1 Å². The fraction of sp³-hybridized carbons (Fsp3) is 0.130. The summed E-state index contributed by atoms with van der Waals surface area (Å²) in [5.41, 5.74) is 9.14. The molecule has 1 unspecified atom stereocenters. The van der Waals surface area contributed by atoms with Crippen LogP contribution >= 0.6 is 0 Å². The van der Waals surface area contributed by atoms with E-state index >= 15 is 0 Å². The van der Waals surface area contributed by atoms with Crippen LogP contribution in [0, 0.1) is 11.6 Å². The van der Waals surface area contributed by atoms with Crippen LogP contribution in [0.3, 0.4) is 0 Å². The maximum atomic E-state index is 13.8. The van der Waals surface area contributed by atoms with Gasteiger partial charge in [0.1, 0.15) is 11.6 Å². The number of amides is 1. The monoisotopic (exact) mass is 404 g/mol. The van der Waals surface area contributed by atoms with E-state index in [9.17, 15) is 13.6 Å². The number of fused-ring (bicyclic) bond motifs is 1. The zero-order chi connectivity index (χ0) is 20.8. The van der Waals surface area contributed by atoms with Crippen LogP contribution in [0.25, 0.3) is 16.6 Å². The van der Waals surface area contributed by atoms with Gasteiger partial charge in [-0.3, -0.25) is 4.79 Å². The predicted octanol–water partition coefficient (Wildman–Crippen LogP) is 4.11. The fourth-order valence-corrected chi connectivity index (χ4v) is 4.11. The second-order valence-electron chi connectivity index (χ2n) is 7.41. The highest BCUT2D eigenvalue weighted by Gasteiger charge is 2.39. The molecular weight excluding hydrogens is 386 g/mol. The van der Waals surface area contributed by atoms with Crippen LogP contribution in [-0.2, 0) is 4.79 Å². The highest BCUT2D eigenvalue weighted by atomic mass is 19.1. The lowest BCUT2D eigenvalue weighted by Gasteiger charge is -2.27. The van der Waals surface area contributed by atoms with Crippen molar-refractivity contribution in [1.82, 2.24) is 9.78 Å². The molecule has 150 valence electrons. The first-order chi connectivity index (χ1) is 14.5. The van der Waals surface area contributed by atoms with Gasteiger partial charge in [-0.15, -0.1) is 0 Å². The van der Waals surface area contributed by atoms with Gasteiger partial charge in [0.15, 0.2) is 0 Å². The van der Waals surface area contributed by atoms with Crippen molar-refractivity contribution >= 4 is 22.5 Å². The number of benzene rings is 3. The second-order valence-corrected chi connectivity index (χ2v) is 7.41. The van der Waals surface area contributed by atoms with E-state index < -0.39 is 12.1 Å². The predicted molar refractivity (Wildman–Crippen MR) is 110 cm³/mol. The van der Waals surface area contributed by atoms with Crippen molar-refractivity contribution in [2.75, 3.05) is 4.90 Å². The summed E-state index contributed by atoms with van der Waals surface area (Å²) in [6.45, 7) is 0. The molecule has 2 atom stereocenters. The lowest BCUT2D eigenvalue weighted by Crippen LogP contribution is -2.33. The summed E-state index contributed by atoms with van der Waals surface area (Å²) in [4.78, 5) is 14.4. The molecule has 3 aromatic carbocycles. The van der Waals surface area contributed by atoms with E-state index in [4.69, 9.17) is 5.73 Å². The molecule has 1 aromatic heterocycles. The quantitative estimate of drug-likeness (QED) is 0.559. The van der Waals surface area contributed by atoms with E-state index in [1.54, 1.807) is 40.0 Å². The normalized spacial score (nSPS) is 19.0. The Hall–Kier alpha value is -3.58. The van der Waals surface area contributed by atoms with E-state index in [2.05, 4.69) is 5.10 Å². The molecule has 1 fully saturated rings. The number of anilines is 1. The minimum absolute atomic E-state index is 0.109. The van der Waals surface area contributed by atoms with Crippen LogP contribution in [0.4, 0.5) is 14.5 Å². The summed E-state index contributed by atoms with van der Waals surface area (Å²) in [6.07, 6.45) is 1.88. The Bertz CT molecular complexity index is 1250. The molecule has 0 radical (unpaired) electrons. The molecule has 4 aromatic rings. The molecule has 0 aliphatic carbocycles. The molecular formula is C23H18F2N4O. The van der Waals surface area contributed by atoms with Gasteiger partial charge in [-0.05, 0) is 60.2 Å². The summed E-state index contributed by atoms with van der Waals surface area (Å²) in [6, 6.07) is 16.9. The Labute approximate surface area is 171 Å². The first-order valence-electron chi connectivity index (χ1n) is 9.58. The molecule has 5 rings (SSSR count). The van der Waals surface area contributed by atoms with Gasteiger partial charge in [0, 0.05) is 23.5 Å². The molecule has 5 nitrogen and oxygen atoms in total. The van der Waals surface area contributed by atoms with Crippen LogP contribution in [0.5, 0.6) is 0 Å². The molecule has 7 heteroatoms. The number of rotatable bonds is 3. The van der Waals surface area contributed by atoms with Crippen LogP contribution in [0.1, 0.15) is 18.0 Å². The Kier molecular flexibility index (Phi) is 4.33. The van der Waals surface area contributed by atoms with E-state index in [0.717, 1.165) is 16.6 Å². The molecule has 1 amide bonds. The molecule has 0 spiro atoms. The van der Waals surface area contributed by atoms with E-state index in [1.807, 2.05) is 18.2 Å². The third-order valence-electron chi connectivity index (χ3n) is 5.45. The molecule has 30 heavy (non-hydrogen) atoms. The lowest BCUT2D eigenvalue weighted by molar-refractivity contribution is -0.117. The summed E-state index contributed by atoms with van der Waals surface area (Å²) >= 11 is 0. The maximum absolute atomic E-state index is 13.8. The minimum Gasteiger partial charge on any atom is -0.325 e. The van der Waals surface area contributed by atoms with Crippen molar-refractivity contribution in [2.45, 2.75) is 18.5 Å². The van der Waals surface area contributed by atoms with E-state index in [-0.39, 0.29) is 24.0 Å². The molecule has 0 saturated carbocycles. The van der Waals surface area contributed by atoms with Crippen LogP contribution in [0.15, 0.2) is 72.9 Å². The molecule has 0 bridgehead atoms.